The maximum absolute atomic E-state index is 12.2. The van der Waals surface area contributed by atoms with Crippen LogP contribution in [-0.4, -0.2) is 21.6 Å². The third kappa shape index (κ3) is 3.27. The minimum Gasteiger partial charge on any atom is -0.392 e. The van der Waals surface area contributed by atoms with Crippen molar-refractivity contribution in [2.24, 2.45) is 0 Å². The third-order valence-corrected chi connectivity index (χ3v) is 4.31. The SMILES string of the molecule is O=C(Cn1ccc2ccc(CO)cc21)NC1CCCCC1. The van der Waals surface area contributed by atoms with Crippen LogP contribution in [0.1, 0.15) is 37.7 Å². The van der Waals surface area contributed by atoms with E-state index in [2.05, 4.69) is 5.32 Å². The molecule has 2 aromatic rings. The van der Waals surface area contributed by atoms with Crippen LogP contribution in [0.15, 0.2) is 30.5 Å². The number of hydrogen-bond donors (Lipinski definition) is 2. The zero-order chi connectivity index (χ0) is 14.7. The molecule has 112 valence electrons. The van der Waals surface area contributed by atoms with Crippen molar-refractivity contribution in [3.8, 4) is 0 Å². The van der Waals surface area contributed by atoms with Crippen molar-refractivity contribution in [2.45, 2.75) is 51.3 Å². The minimum atomic E-state index is 0.0232. The number of aromatic nitrogens is 1. The Hall–Kier alpha value is -1.81. The Bertz CT molecular complexity index is 627. The molecular formula is C17H22N2O2. The molecule has 3 rings (SSSR count). The maximum Gasteiger partial charge on any atom is 0.240 e. The molecule has 4 heteroatoms. The summed E-state index contributed by atoms with van der Waals surface area (Å²) >= 11 is 0. The fraction of sp³-hybridized carbons (Fsp3) is 0.471. The number of nitrogens with one attached hydrogen (secondary N) is 1. The van der Waals surface area contributed by atoms with Crippen LogP contribution in [0.25, 0.3) is 10.9 Å². The molecule has 1 aliphatic rings. The van der Waals surface area contributed by atoms with Gasteiger partial charge in [-0.3, -0.25) is 4.79 Å². The Kier molecular flexibility index (Phi) is 4.25. The molecule has 1 saturated carbocycles. The first-order chi connectivity index (χ1) is 10.3. The van der Waals surface area contributed by atoms with E-state index < -0.39 is 0 Å². The van der Waals surface area contributed by atoms with E-state index in [1.54, 1.807) is 0 Å². The molecule has 1 aliphatic carbocycles. The largest absolute Gasteiger partial charge is 0.392 e. The van der Waals surface area contributed by atoms with E-state index in [0.717, 1.165) is 29.3 Å². The Morgan fingerprint density at radius 2 is 2.05 bits per heavy atom. The van der Waals surface area contributed by atoms with Crippen LogP contribution in [0.4, 0.5) is 0 Å². The van der Waals surface area contributed by atoms with Crippen LogP contribution in [0, 0.1) is 0 Å². The van der Waals surface area contributed by atoms with Crippen LogP contribution >= 0.6 is 0 Å². The second-order valence-corrected chi connectivity index (χ2v) is 5.90. The van der Waals surface area contributed by atoms with Crippen molar-refractivity contribution in [1.82, 2.24) is 9.88 Å². The number of amides is 1. The van der Waals surface area contributed by atoms with E-state index >= 15 is 0 Å². The molecule has 0 radical (unpaired) electrons. The first-order valence-corrected chi connectivity index (χ1v) is 7.74. The maximum atomic E-state index is 12.2. The van der Waals surface area contributed by atoms with Crippen LogP contribution in [0.3, 0.4) is 0 Å². The summed E-state index contributed by atoms with van der Waals surface area (Å²) in [5, 5.41) is 13.5. The number of nitrogens with zero attached hydrogens (tertiary/aromatic N) is 1. The molecule has 0 spiro atoms. The van der Waals surface area contributed by atoms with Crippen molar-refractivity contribution in [1.29, 1.82) is 0 Å². The van der Waals surface area contributed by atoms with Crippen molar-refractivity contribution in [3.63, 3.8) is 0 Å². The zero-order valence-corrected chi connectivity index (χ0v) is 12.2. The van der Waals surface area contributed by atoms with Gasteiger partial charge in [0, 0.05) is 17.8 Å². The molecular weight excluding hydrogens is 264 g/mol. The Balaban J connectivity index is 1.70. The molecule has 1 heterocycles. The van der Waals surface area contributed by atoms with E-state index in [4.69, 9.17) is 0 Å². The second kappa shape index (κ2) is 6.31. The molecule has 2 N–H and O–H groups in total. The average molecular weight is 286 g/mol. The summed E-state index contributed by atoms with van der Waals surface area (Å²) in [7, 11) is 0. The lowest BCUT2D eigenvalue weighted by Crippen LogP contribution is -2.38. The molecule has 4 nitrogen and oxygen atoms in total. The molecule has 1 amide bonds. The highest BCUT2D eigenvalue weighted by atomic mass is 16.3. The van der Waals surface area contributed by atoms with Crippen LogP contribution in [-0.2, 0) is 17.9 Å². The van der Waals surface area contributed by atoms with Gasteiger partial charge in [0.1, 0.15) is 6.54 Å². The number of aliphatic hydroxyl groups excluding tert-OH is 1. The van der Waals surface area contributed by atoms with Gasteiger partial charge >= 0.3 is 0 Å². The monoisotopic (exact) mass is 286 g/mol. The van der Waals surface area contributed by atoms with Crippen molar-refractivity contribution in [3.05, 3.63) is 36.0 Å². The highest BCUT2D eigenvalue weighted by Crippen LogP contribution is 2.19. The normalized spacial score (nSPS) is 16.2. The van der Waals surface area contributed by atoms with Gasteiger partial charge < -0.3 is 15.0 Å². The zero-order valence-electron chi connectivity index (χ0n) is 12.2. The Labute approximate surface area is 124 Å². The van der Waals surface area contributed by atoms with E-state index in [0.29, 0.717) is 12.6 Å². The van der Waals surface area contributed by atoms with Gasteiger partial charge in [0.15, 0.2) is 0 Å². The van der Waals surface area contributed by atoms with E-state index in [1.807, 2.05) is 35.0 Å². The lowest BCUT2D eigenvalue weighted by Gasteiger charge is -2.22. The topological polar surface area (TPSA) is 54.3 Å². The molecule has 0 aliphatic heterocycles. The van der Waals surface area contributed by atoms with Gasteiger partial charge in [-0.2, -0.15) is 0 Å². The number of rotatable bonds is 4. The van der Waals surface area contributed by atoms with Gasteiger partial charge in [-0.15, -0.1) is 0 Å². The van der Waals surface area contributed by atoms with Crippen molar-refractivity contribution >= 4 is 16.8 Å². The van der Waals surface area contributed by atoms with Gasteiger partial charge in [0.05, 0.1) is 6.61 Å². The number of carbonyl (C=O) groups excluding carboxylic acids is 1. The predicted molar refractivity (Wildman–Crippen MR) is 82.9 cm³/mol. The van der Waals surface area contributed by atoms with Crippen molar-refractivity contribution in [2.75, 3.05) is 0 Å². The number of aliphatic hydroxyl groups is 1. The smallest absolute Gasteiger partial charge is 0.240 e. The summed E-state index contributed by atoms with van der Waals surface area (Å²) in [4.78, 5) is 12.2. The molecule has 1 aromatic heterocycles. The van der Waals surface area contributed by atoms with Gasteiger partial charge in [0.2, 0.25) is 5.91 Å². The summed E-state index contributed by atoms with van der Waals surface area (Å²) in [6, 6.07) is 8.19. The number of benzene rings is 1. The van der Waals surface area contributed by atoms with E-state index in [9.17, 15) is 9.90 Å². The highest BCUT2D eigenvalue weighted by Gasteiger charge is 2.16. The average Bonchev–Trinajstić information content (AvgIpc) is 2.90. The molecule has 1 aromatic carbocycles. The fourth-order valence-corrected chi connectivity index (χ4v) is 3.14. The highest BCUT2D eigenvalue weighted by molar-refractivity contribution is 5.83. The van der Waals surface area contributed by atoms with Gasteiger partial charge in [-0.05, 0) is 35.9 Å². The molecule has 1 fully saturated rings. The Morgan fingerprint density at radius 1 is 1.24 bits per heavy atom. The summed E-state index contributed by atoms with van der Waals surface area (Å²) < 4.78 is 1.95. The molecule has 21 heavy (non-hydrogen) atoms. The third-order valence-electron chi connectivity index (χ3n) is 4.31. The molecule has 0 bridgehead atoms. The van der Waals surface area contributed by atoms with Crippen LogP contribution < -0.4 is 5.32 Å². The van der Waals surface area contributed by atoms with E-state index in [-0.39, 0.29) is 12.5 Å². The summed E-state index contributed by atoms with van der Waals surface area (Å²) in [6.07, 6.45) is 7.87. The van der Waals surface area contributed by atoms with Gasteiger partial charge in [-0.25, -0.2) is 0 Å². The quantitative estimate of drug-likeness (QED) is 0.907. The number of carbonyl (C=O) groups is 1. The summed E-state index contributed by atoms with van der Waals surface area (Å²) in [6.45, 7) is 0.365. The fourth-order valence-electron chi connectivity index (χ4n) is 3.14. The predicted octanol–water partition coefficient (Wildman–Crippen LogP) is 2.58. The number of fused-ring (bicyclic) bond motifs is 1. The van der Waals surface area contributed by atoms with Crippen LogP contribution in [0.2, 0.25) is 0 Å². The summed E-state index contributed by atoms with van der Waals surface area (Å²) in [5.41, 5.74) is 1.87. The molecule has 0 unspecified atom stereocenters. The van der Waals surface area contributed by atoms with Crippen LogP contribution in [0.5, 0.6) is 0 Å². The molecule has 0 atom stereocenters. The lowest BCUT2D eigenvalue weighted by molar-refractivity contribution is -0.122. The first kappa shape index (κ1) is 14.1. The summed E-state index contributed by atoms with van der Waals surface area (Å²) in [5.74, 6) is 0.0776. The van der Waals surface area contributed by atoms with Gasteiger partial charge in [0.25, 0.3) is 0 Å². The standard InChI is InChI=1S/C17H22N2O2/c20-12-13-6-7-14-8-9-19(16(14)10-13)11-17(21)18-15-4-2-1-3-5-15/h6-10,15,20H,1-5,11-12H2,(H,18,21). The van der Waals surface area contributed by atoms with Crippen molar-refractivity contribution < 1.29 is 9.90 Å². The first-order valence-electron chi connectivity index (χ1n) is 7.74. The lowest BCUT2D eigenvalue weighted by atomic mass is 9.95. The minimum absolute atomic E-state index is 0.0232. The van der Waals surface area contributed by atoms with E-state index in [1.165, 1.54) is 19.3 Å². The van der Waals surface area contributed by atoms with Gasteiger partial charge in [-0.1, -0.05) is 31.4 Å². The Morgan fingerprint density at radius 3 is 2.81 bits per heavy atom. The number of hydrogen-bond acceptors (Lipinski definition) is 2. The molecule has 0 saturated heterocycles. The second-order valence-electron chi connectivity index (χ2n) is 5.90.